The van der Waals surface area contributed by atoms with E-state index in [9.17, 15) is 4.79 Å². The lowest BCUT2D eigenvalue weighted by Crippen LogP contribution is -2.05. The van der Waals surface area contributed by atoms with Gasteiger partial charge in [0.25, 0.3) is 0 Å². The highest BCUT2D eigenvalue weighted by atomic mass is 35.5. The van der Waals surface area contributed by atoms with Crippen molar-refractivity contribution < 1.29 is 4.79 Å². The summed E-state index contributed by atoms with van der Waals surface area (Å²) in [6.07, 6.45) is 0.459. The fourth-order valence-electron chi connectivity index (χ4n) is 2.60. The molecule has 1 nitrogen and oxygen atoms in total. The fourth-order valence-corrected chi connectivity index (χ4v) is 3.87. The minimum atomic E-state index is 0.0643. The average molecular weight is 367 g/mol. The van der Waals surface area contributed by atoms with Crippen LogP contribution < -0.4 is 0 Å². The molecule has 25 heavy (non-hydrogen) atoms. The van der Waals surface area contributed by atoms with E-state index in [0.717, 1.165) is 21.0 Å². The highest BCUT2D eigenvalue weighted by molar-refractivity contribution is 7.99. The van der Waals surface area contributed by atoms with Crippen LogP contribution in [0.2, 0.25) is 5.02 Å². The van der Waals surface area contributed by atoms with Crippen molar-refractivity contribution >= 4 is 29.1 Å². The predicted octanol–water partition coefficient (Wildman–Crippen LogP) is 6.75. The number of benzene rings is 3. The Balaban J connectivity index is 1.84. The van der Waals surface area contributed by atoms with E-state index in [4.69, 9.17) is 11.6 Å². The van der Waals surface area contributed by atoms with E-state index in [1.165, 1.54) is 5.56 Å². The Bertz CT molecular complexity index is 826. The molecule has 0 aromatic heterocycles. The van der Waals surface area contributed by atoms with Crippen molar-refractivity contribution in [1.82, 2.24) is 0 Å². The first-order valence-electron chi connectivity index (χ1n) is 8.19. The molecule has 3 rings (SSSR count). The minimum absolute atomic E-state index is 0.0643. The first-order valence-corrected chi connectivity index (χ1v) is 9.44. The summed E-state index contributed by atoms with van der Waals surface area (Å²) in [5.41, 5.74) is 3.14. The van der Waals surface area contributed by atoms with Crippen LogP contribution in [0, 0.1) is 6.92 Å². The highest BCUT2D eigenvalue weighted by Gasteiger charge is 2.18. The molecule has 0 aliphatic carbocycles. The molecule has 0 saturated heterocycles. The van der Waals surface area contributed by atoms with Crippen LogP contribution in [0.5, 0.6) is 0 Å². The van der Waals surface area contributed by atoms with Gasteiger partial charge in [-0.3, -0.25) is 4.79 Å². The number of halogens is 1. The maximum Gasteiger partial charge on any atom is 0.164 e. The van der Waals surface area contributed by atoms with Crippen LogP contribution in [0.1, 0.15) is 33.2 Å². The van der Waals surface area contributed by atoms with E-state index in [1.807, 2.05) is 54.6 Å². The summed E-state index contributed by atoms with van der Waals surface area (Å²) >= 11 is 7.68. The molecule has 0 aliphatic heterocycles. The molecule has 126 valence electrons. The number of carbonyl (C=O) groups is 1. The Morgan fingerprint density at radius 3 is 2.20 bits per heavy atom. The average Bonchev–Trinajstić information content (AvgIpc) is 2.64. The highest BCUT2D eigenvalue weighted by Crippen LogP contribution is 2.39. The van der Waals surface area contributed by atoms with Gasteiger partial charge in [0, 0.05) is 27.2 Å². The first-order chi connectivity index (χ1) is 12.1. The lowest BCUT2D eigenvalue weighted by molar-refractivity contribution is 0.0982. The van der Waals surface area contributed by atoms with Gasteiger partial charge in [0.15, 0.2) is 5.78 Å². The smallest absolute Gasteiger partial charge is 0.164 e. The molecule has 0 bridgehead atoms. The van der Waals surface area contributed by atoms with Crippen LogP contribution in [0.3, 0.4) is 0 Å². The van der Waals surface area contributed by atoms with Crippen molar-refractivity contribution in [2.75, 3.05) is 0 Å². The molecule has 0 heterocycles. The third kappa shape index (κ3) is 4.97. The van der Waals surface area contributed by atoms with Crippen LogP contribution in [-0.4, -0.2) is 5.78 Å². The van der Waals surface area contributed by atoms with E-state index in [1.54, 1.807) is 11.8 Å². The Labute approximate surface area is 158 Å². The molecule has 3 aromatic carbocycles. The summed E-state index contributed by atoms with van der Waals surface area (Å²) < 4.78 is 0. The van der Waals surface area contributed by atoms with Crippen LogP contribution in [0.4, 0.5) is 0 Å². The van der Waals surface area contributed by atoms with Gasteiger partial charge < -0.3 is 0 Å². The molecule has 0 spiro atoms. The molecule has 1 unspecified atom stereocenters. The molecule has 0 aliphatic rings. The number of carbonyl (C=O) groups excluding carboxylic acids is 1. The summed E-state index contributed by atoms with van der Waals surface area (Å²) in [5, 5.41) is 0.783. The van der Waals surface area contributed by atoms with Gasteiger partial charge in [-0.2, -0.15) is 0 Å². The summed E-state index contributed by atoms with van der Waals surface area (Å²) in [6.45, 7) is 2.07. The van der Waals surface area contributed by atoms with Gasteiger partial charge in [-0.15, -0.1) is 11.8 Å². The summed E-state index contributed by atoms with van der Waals surface area (Å²) in [7, 11) is 0. The van der Waals surface area contributed by atoms with E-state index >= 15 is 0 Å². The van der Waals surface area contributed by atoms with Crippen molar-refractivity contribution in [3.05, 3.63) is 101 Å². The van der Waals surface area contributed by atoms with Crippen molar-refractivity contribution in [2.24, 2.45) is 0 Å². The zero-order chi connectivity index (χ0) is 17.6. The summed E-state index contributed by atoms with van der Waals surface area (Å²) in [5.74, 6) is 0.160. The van der Waals surface area contributed by atoms with Gasteiger partial charge in [-0.05, 0) is 36.8 Å². The maximum absolute atomic E-state index is 12.7. The van der Waals surface area contributed by atoms with E-state index in [-0.39, 0.29) is 11.0 Å². The van der Waals surface area contributed by atoms with Crippen molar-refractivity contribution in [3.8, 4) is 0 Å². The number of thioether (sulfide) groups is 1. The molecule has 3 heteroatoms. The van der Waals surface area contributed by atoms with Gasteiger partial charge >= 0.3 is 0 Å². The topological polar surface area (TPSA) is 17.1 Å². The Morgan fingerprint density at radius 2 is 1.56 bits per heavy atom. The van der Waals surface area contributed by atoms with Crippen LogP contribution in [0.15, 0.2) is 83.8 Å². The van der Waals surface area contributed by atoms with Crippen LogP contribution >= 0.6 is 23.4 Å². The molecule has 0 saturated carbocycles. The van der Waals surface area contributed by atoms with Crippen molar-refractivity contribution in [1.29, 1.82) is 0 Å². The van der Waals surface area contributed by atoms with E-state index in [0.29, 0.717) is 6.42 Å². The zero-order valence-corrected chi connectivity index (χ0v) is 15.6. The van der Waals surface area contributed by atoms with Gasteiger partial charge in [0.05, 0.1) is 0 Å². The summed E-state index contributed by atoms with van der Waals surface area (Å²) in [6, 6.07) is 25.7. The lowest BCUT2D eigenvalue weighted by atomic mass is 10.0. The predicted molar refractivity (Wildman–Crippen MR) is 107 cm³/mol. The van der Waals surface area contributed by atoms with Crippen molar-refractivity contribution in [2.45, 2.75) is 23.5 Å². The number of ketones is 1. The molecule has 1 atom stereocenters. The first kappa shape index (κ1) is 17.8. The number of rotatable bonds is 6. The normalized spacial score (nSPS) is 11.9. The summed E-state index contributed by atoms with van der Waals surface area (Å²) in [4.78, 5) is 13.8. The maximum atomic E-state index is 12.7. The van der Waals surface area contributed by atoms with Crippen molar-refractivity contribution in [3.63, 3.8) is 0 Å². The van der Waals surface area contributed by atoms with E-state index < -0.39 is 0 Å². The molecule has 0 radical (unpaired) electrons. The molecule has 3 aromatic rings. The van der Waals surface area contributed by atoms with Gasteiger partial charge in [-0.25, -0.2) is 0 Å². The fraction of sp³-hybridized carbons (Fsp3) is 0.136. The SMILES string of the molecule is Cc1ccc(C(CC(=O)c2ccccc2)Sc2ccc(Cl)cc2)cc1. The Kier molecular flexibility index (Phi) is 5.95. The number of hydrogen-bond acceptors (Lipinski definition) is 2. The molecule has 0 amide bonds. The van der Waals surface area contributed by atoms with Gasteiger partial charge in [-0.1, -0.05) is 71.8 Å². The third-order valence-corrected chi connectivity index (χ3v) is 5.53. The minimum Gasteiger partial charge on any atom is -0.294 e. The second-order valence-electron chi connectivity index (χ2n) is 5.96. The standard InChI is InChI=1S/C22H19ClOS/c1-16-7-9-18(10-8-16)22(25-20-13-11-19(23)12-14-20)15-21(24)17-5-3-2-4-6-17/h2-14,22H,15H2,1H3. The molecule has 0 fully saturated rings. The quantitative estimate of drug-likeness (QED) is 0.354. The zero-order valence-electron chi connectivity index (χ0n) is 14.0. The van der Waals surface area contributed by atoms with Crippen LogP contribution in [-0.2, 0) is 0 Å². The number of aryl methyl sites for hydroxylation is 1. The van der Waals surface area contributed by atoms with Gasteiger partial charge in [0.1, 0.15) is 0 Å². The Morgan fingerprint density at radius 1 is 0.920 bits per heavy atom. The van der Waals surface area contributed by atoms with E-state index in [2.05, 4.69) is 31.2 Å². The third-order valence-electron chi connectivity index (χ3n) is 4.01. The second-order valence-corrected chi connectivity index (χ2v) is 7.68. The van der Waals surface area contributed by atoms with Gasteiger partial charge in [0.2, 0.25) is 0 Å². The number of hydrogen-bond donors (Lipinski definition) is 0. The molecular formula is C22H19ClOS. The second kappa shape index (κ2) is 8.37. The number of Topliss-reactive ketones (excluding diaryl/α,β-unsaturated/α-hetero) is 1. The largest absolute Gasteiger partial charge is 0.294 e. The Hall–Kier alpha value is -2.03. The monoisotopic (exact) mass is 366 g/mol. The molecular weight excluding hydrogens is 348 g/mol. The lowest BCUT2D eigenvalue weighted by Gasteiger charge is -2.17. The molecule has 0 N–H and O–H groups in total. The van der Waals surface area contributed by atoms with Crippen LogP contribution in [0.25, 0.3) is 0 Å².